The highest BCUT2D eigenvalue weighted by molar-refractivity contribution is 5.65. The summed E-state index contributed by atoms with van der Waals surface area (Å²) in [6.45, 7) is 12.6. The molecule has 112 valence electrons. The Bertz CT molecular complexity index is 367. The number of allylic oxidation sites excluding steroid dienone is 4. The Hall–Kier alpha value is -1.95. The first kappa shape index (κ1) is 20.4. The molecule has 0 spiro atoms. The summed E-state index contributed by atoms with van der Waals surface area (Å²) in [6.07, 6.45) is 14.2. The molecule has 0 heterocycles. The van der Waals surface area contributed by atoms with Crippen LogP contribution >= 0.6 is 0 Å². The van der Waals surface area contributed by atoms with E-state index in [9.17, 15) is 4.79 Å². The second kappa shape index (κ2) is 12.1. The van der Waals surface area contributed by atoms with Crippen molar-refractivity contribution in [2.75, 3.05) is 0 Å². The summed E-state index contributed by atoms with van der Waals surface area (Å²) in [4.78, 5) is 10.0. The Kier molecular flexibility index (Phi) is 12.3. The molecule has 1 amide bonds. The van der Waals surface area contributed by atoms with E-state index >= 15 is 0 Å². The molecule has 0 aliphatic heterocycles. The fourth-order valence-corrected chi connectivity index (χ4v) is 1.26. The van der Waals surface area contributed by atoms with Crippen molar-refractivity contribution in [3.05, 3.63) is 37.0 Å². The highest BCUT2D eigenvalue weighted by Gasteiger charge is 2.12. The number of amides is 1. The highest BCUT2D eigenvalue weighted by atomic mass is 16.6. The van der Waals surface area contributed by atoms with Crippen LogP contribution < -0.4 is 5.73 Å². The minimum Gasteiger partial charge on any atom is -0.444 e. The van der Waals surface area contributed by atoms with Gasteiger partial charge in [-0.2, -0.15) is 0 Å². The number of ether oxygens (including phenoxy) is 1. The first-order chi connectivity index (χ1) is 9.26. The van der Waals surface area contributed by atoms with Crippen LogP contribution in [0.25, 0.3) is 0 Å². The number of hydrogen-bond donors (Lipinski definition) is 1. The summed E-state index contributed by atoms with van der Waals surface area (Å²) < 4.78 is 4.58. The Morgan fingerprint density at radius 1 is 1.35 bits per heavy atom. The third-order valence-corrected chi connectivity index (χ3v) is 2.04. The molecule has 0 bridgehead atoms. The van der Waals surface area contributed by atoms with E-state index in [-0.39, 0.29) is 0 Å². The quantitative estimate of drug-likeness (QED) is 0.445. The topological polar surface area (TPSA) is 52.3 Å². The number of carbonyl (C=O) groups is 1. The van der Waals surface area contributed by atoms with E-state index in [1.807, 2.05) is 12.2 Å². The van der Waals surface area contributed by atoms with Crippen LogP contribution in [0.1, 0.15) is 46.5 Å². The van der Waals surface area contributed by atoms with E-state index in [0.29, 0.717) is 0 Å². The van der Waals surface area contributed by atoms with Crippen molar-refractivity contribution < 1.29 is 9.53 Å². The summed E-state index contributed by atoms with van der Waals surface area (Å²) in [5.41, 5.74) is 5.50. The van der Waals surface area contributed by atoms with Crippen molar-refractivity contribution in [1.82, 2.24) is 0 Å². The SMILES string of the molecule is C#CCCCC/C(C=C)=C/C=C.CC(C)(C)OC(N)=O. The molecule has 2 N–H and O–H groups in total. The molecule has 0 aromatic rings. The minimum absolute atomic E-state index is 0.453. The monoisotopic (exact) mass is 277 g/mol. The minimum atomic E-state index is -0.725. The number of primary amides is 1. The molecule has 0 unspecified atom stereocenters. The Labute approximate surface area is 123 Å². The number of nitrogens with two attached hydrogens (primary N) is 1. The molecule has 0 rings (SSSR count). The molecule has 0 aliphatic carbocycles. The van der Waals surface area contributed by atoms with Crippen LogP contribution in [-0.2, 0) is 4.74 Å². The lowest BCUT2D eigenvalue weighted by atomic mass is 10.1. The number of carbonyl (C=O) groups excluding carboxylic acids is 1. The maximum Gasteiger partial charge on any atom is 0.405 e. The molecule has 3 heteroatoms. The van der Waals surface area contributed by atoms with Gasteiger partial charge in [0.2, 0.25) is 0 Å². The van der Waals surface area contributed by atoms with Crippen LogP contribution in [-0.4, -0.2) is 11.7 Å². The fraction of sp³-hybridized carbons (Fsp3) is 0.471. The lowest BCUT2D eigenvalue weighted by Crippen LogP contribution is -2.27. The molecule has 0 saturated heterocycles. The van der Waals surface area contributed by atoms with Crippen molar-refractivity contribution in [3.63, 3.8) is 0 Å². The normalized spacial score (nSPS) is 10.6. The van der Waals surface area contributed by atoms with Gasteiger partial charge in [0.15, 0.2) is 0 Å². The van der Waals surface area contributed by atoms with Gasteiger partial charge in [0.1, 0.15) is 5.60 Å². The van der Waals surface area contributed by atoms with Crippen LogP contribution in [0.4, 0.5) is 4.79 Å². The Morgan fingerprint density at radius 3 is 2.25 bits per heavy atom. The molecule has 0 atom stereocenters. The third kappa shape index (κ3) is 18.4. The zero-order valence-corrected chi connectivity index (χ0v) is 12.9. The molecular formula is C17H27NO2. The second-order valence-corrected chi connectivity index (χ2v) is 5.13. The van der Waals surface area contributed by atoms with Gasteiger partial charge in [-0.05, 0) is 45.6 Å². The van der Waals surface area contributed by atoms with E-state index in [1.165, 1.54) is 5.57 Å². The second-order valence-electron chi connectivity index (χ2n) is 5.13. The van der Waals surface area contributed by atoms with Crippen molar-refractivity contribution in [3.8, 4) is 12.3 Å². The lowest BCUT2D eigenvalue weighted by Gasteiger charge is -2.16. The van der Waals surface area contributed by atoms with Crippen LogP contribution in [0.2, 0.25) is 0 Å². The molecule has 20 heavy (non-hydrogen) atoms. The number of hydrogen-bond acceptors (Lipinski definition) is 2. The largest absolute Gasteiger partial charge is 0.444 e. The van der Waals surface area contributed by atoms with E-state index in [4.69, 9.17) is 12.2 Å². The highest BCUT2D eigenvalue weighted by Crippen LogP contribution is 2.09. The molecule has 0 aliphatic rings. The van der Waals surface area contributed by atoms with E-state index in [0.717, 1.165) is 25.7 Å². The third-order valence-electron chi connectivity index (χ3n) is 2.04. The summed E-state index contributed by atoms with van der Waals surface area (Å²) in [6, 6.07) is 0. The maximum atomic E-state index is 10.0. The smallest absolute Gasteiger partial charge is 0.405 e. The molecule has 0 aromatic heterocycles. The zero-order valence-electron chi connectivity index (χ0n) is 12.9. The fourth-order valence-electron chi connectivity index (χ4n) is 1.26. The van der Waals surface area contributed by atoms with Gasteiger partial charge >= 0.3 is 6.09 Å². The molecule has 0 radical (unpaired) electrons. The van der Waals surface area contributed by atoms with Crippen LogP contribution in [0, 0.1) is 12.3 Å². The van der Waals surface area contributed by atoms with E-state index in [2.05, 4.69) is 23.8 Å². The van der Waals surface area contributed by atoms with Crippen molar-refractivity contribution in [2.24, 2.45) is 5.73 Å². The predicted molar refractivity (Wildman–Crippen MR) is 86.2 cm³/mol. The summed E-state index contributed by atoms with van der Waals surface area (Å²) >= 11 is 0. The maximum absolute atomic E-state index is 10.0. The summed E-state index contributed by atoms with van der Waals surface area (Å²) in [5, 5.41) is 0. The Morgan fingerprint density at radius 2 is 1.95 bits per heavy atom. The van der Waals surface area contributed by atoms with Gasteiger partial charge in [-0.25, -0.2) is 4.79 Å². The van der Waals surface area contributed by atoms with Gasteiger partial charge in [-0.15, -0.1) is 12.3 Å². The molecular weight excluding hydrogens is 250 g/mol. The van der Waals surface area contributed by atoms with E-state index in [1.54, 1.807) is 26.8 Å². The predicted octanol–water partition coefficient (Wildman–Crippen LogP) is 4.36. The molecule has 0 fully saturated rings. The van der Waals surface area contributed by atoms with Gasteiger partial charge in [-0.1, -0.05) is 31.4 Å². The van der Waals surface area contributed by atoms with Gasteiger partial charge in [0.25, 0.3) is 0 Å². The lowest BCUT2D eigenvalue weighted by molar-refractivity contribution is 0.0600. The van der Waals surface area contributed by atoms with Gasteiger partial charge in [0.05, 0.1) is 0 Å². The standard InChI is InChI=1S/C12H16.C5H11NO2/c1-4-7-8-9-11-12(6-3)10-5-2;1-5(2,3)8-4(6)7/h1,5-6,10H,2-3,7-9,11H2;1-3H3,(H2,6,7)/b12-10+;. The van der Waals surface area contributed by atoms with Gasteiger partial charge in [0, 0.05) is 6.42 Å². The number of rotatable bonds is 6. The van der Waals surface area contributed by atoms with Crippen LogP contribution in [0.5, 0.6) is 0 Å². The van der Waals surface area contributed by atoms with Crippen molar-refractivity contribution >= 4 is 6.09 Å². The summed E-state index contributed by atoms with van der Waals surface area (Å²) in [5.74, 6) is 2.63. The average Bonchev–Trinajstić information content (AvgIpc) is 2.30. The molecule has 3 nitrogen and oxygen atoms in total. The first-order valence-electron chi connectivity index (χ1n) is 6.62. The Balaban J connectivity index is 0. The number of terminal acetylenes is 1. The van der Waals surface area contributed by atoms with Crippen molar-refractivity contribution in [2.45, 2.75) is 52.1 Å². The molecule has 0 saturated carbocycles. The van der Waals surface area contributed by atoms with Crippen LogP contribution in [0.3, 0.4) is 0 Å². The van der Waals surface area contributed by atoms with E-state index < -0.39 is 11.7 Å². The van der Waals surface area contributed by atoms with Crippen LogP contribution in [0.15, 0.2) is 37.0 Å². The number of unbranched alkanes of at least 4 members (excludes halogenated alkanes) is 2. The van der Waals surface area contributed by atoms with Crippen molar-refractivity contribution in [1.29, 1.82) is 0 Å². The first-order valence-corrected chi connectivity index (χ1v) is 6.62. The molecule has 0 aromatic carbocycles. The van der Waals surface area contributed by atoms with Gasteiger partial charge in [-0.3, -0.25) is 0 Å². The average molecular weight is 277 g/mol. The zero-order chi connectivity index (χ0) is 16.0. The summed E-state index contributed by atoms with van der Waals surface area (Å²) in [7, 11) is 0. The van der Waals surface area contributed by atoms with Gasteiger partial charge < -0.3 is 10.5 Å².